The number of rotatable bonds is 6. The molecule has 1 fully saturated rings. The van der Waals surface area contributed by atoms with Crippen LogP contribution in [0.15, 0.2) is 24.3 Å². The van der Waals surface area contributed by atoms with Gasteiger partial charge in [-0.15, -0.1) is 0 Å². The maximum Gasteiger partial charge on any atom is 0.304 e. The minimum atomic E-state index is -0.817. The third-order valence-corrected chi connectivity index (χ3v) is 3.68. The summed E-state index contributed by atoms with van der Waals surface area (Å²) in [7, 11) is 0. The lowest BCUT2D eigenvalue weighted by molar-refractivity contribution is -0.138. The highest BCUT2D eigenvalue weighted by molar-refractivity contribution is 5.90. The Morgan fingerprint density at radius 1 is 1.38 bits per heavy atom. The summed E-state index contributed by atoms with van der Waals surface area (Å²) in [5.41, 5.74) is 0.172. The fraction of sp³-hybridized carbons (Fsp3) is 0.467. The zero-order chi connectivity index (χ0) is 15.2. The van der Waals surface area contributed by atoms with Gasteiger partial charge in [-0.1, -0.05) is 12.1 Å². The van der Waals surface area contributed by atoms with E-state index in [9.17, 15) is 14.0 Å². The van der Waals surface area contributed by atoms with Gasteiger partial charge in [-0.25, -0.2) is 4.39 Å². The summed E-state index contributed by atoms with van der Waals surface area (Å²) >= 11 is 0. The summed E-state index contributed by atoms with van der Waals surface area (Å²) in [5, 5.41) is 11.4. The molecule has 1 aliphatic rings. The lowest BCUT2D eigenvalue weighted by atomic mass is 10.1. The molecule has 1 amide bonds. The molecule has 0 saturated carbocycles. The van der Waals surface area contributed by atoms with Gasteiger partial charge in [0.1, 0.15) is 5.82 Å². The van der Waals surface area contributed by atoms with Crippen LogP contribution < -0.4 is 5.32 Å². The molecule has 0 spiro atoms. The summed E-state index contributed by atoms with van der Waals surface area (Å²) in [6, 6.07) is 6.02. The number of aliphatic carboxylic acids is 1. The van der Waals surface area contributed by atoms with E-state index in [0.717, 1.165) is 19.4 Å². The van der Waals surface area contributed by atoms with Gasteiger partial charge in [0.25, 0.3) is 0 Å². The summed E-state index contributed by atoms with van der Waals surface area (Å²) in [5.74, 6) is -1.54. The second kappa shape index (κ2) is 7.17. The highest BCUT2D eigenvalue weighted by Crippen LogP contribution is 2.20. The van der Waals surface area contributed by atoms with Crippen LogP contribution in [-0.2, 0) is 9.59 Å². The third kappa shape index (κ3) is 4.53. The van der Waals surface area contributed by atoms with Crippen molar-refractivity contribution < 1.29 is 19.1 Å². The number of hydrogen-bond donors (Lipinski definition) is 2. The van der Waals surface area contributed by atoms with Gasteiger partial charge < -0.3 is 10.4 Å². The predicted octanol–water partition coefficient (Wildman–Crippen LogP) is 2.09. The monoisotopic (exact) mass is 294 g/mol. The van der Waals surface area contributed by atoms with Gasteiger partial charge in [-0.3, -0.25) is 14.5 Å². The van der Waals surface area contributed by atoms with E-state index >= 15 is 0 Å². The first-order valence-electron chi connectivity index (χ1n) is 7.06. The number of amides is 1. The maximum absolute atomic E-state index is 13.4. The van der Waals surface area contributed by atoms with Gasteiger partial charge in [0.15, 0.2) is 0 Å². The molecule has 1 heterocycles. The molecule has 0 aliphatic carbocycles. The molecule has 1 atom stereocenters. The Bertz CT molecular complexity index is 521. The van der Waals surface area contributed by atoms with Crippen molar-refractivity contribution in [2.45, 2.75) is 31.7 Å². The van der Waals surface area contributed by atoms with Crippen LogP contribution in [0.3, 0.4) is 0 Å². The van der Waals surface area contributed by atoms with Crippen molar-refractivity contribution in [2.24, 2.45) is 0 Å². The minimum absolute atomic E-state index is 0.00348. The van der Waals surface area contributed by atoms with Gasteiger partial charge in [-0.05, 0) is 31.5 Å². The number of carboxylic acids is 1. The maximum atomic E-state index is 13.4. The Kier molecular flexibility index (Phi) is 5.27. The standard InChI is InChI=1S/C15H19FN2O3/c16-12-5-1-2-6-13(12)17-14(19)7-9-18-8-3-4-11(18)10-15(20)21/h1-2,5-6,11H,3-4,7-10H2,(H,17,19)(H,20,21). The average Bonchev–Trinajstić information content (AvgIpc) is 2.85. The molecule has 1 saturated heterocycles. The normalized spacial score (nSPS) is 18.6. The third-order valence-electron chi connectivity index (χ3n) is 3.68. The Morgan fingerprint density at radius 2 is 2.14 bits per heavy atom. The lowest BCUT2D eigenvalue weighted by Crippen LogP contribution is -2.34. The van der Waals surface area contributed by atoms with Crippen molar-refractivity contribution in [3.05, 3.63) is 30.1 Å². The number of carbonyl (C=O) groups excluding carboxylic acids is 1. The van der Waals surface area contributed by atoms with Crippen molar-refractivity contribution >= 4 is 17.6 Å². The van der Waals surface area contributed by atoms with E-state index in [1.165, 1.54) is 12.1 Å². The van der Waals surface area contributed by atoms with E-state index < -0.39 is 11.8 Å². The van der Waals surface area contributed by atoms with Crippen molar-refractivity contribution in [3.63, 3.8) is 0 Å². The molecule has 114 valence electrons. The molecule has 2 rings (SSSR count). The van der Waals surface area contributed by atoms with Crippen LogP contribution in [0.1, 0.15) is 25.7 Å². The van der Waals surface area contributed by atoms with Crippen LogP contribution >= 0.6 is 0 Å². The number of nitrogens with zero attached hydrogens (tertiary/aromatic N) is 1. The van der Waals surface area contributed by atoms with Crippen molar-refractivity contribution in [2.75, 3.05) is 18.4 Å². The highest BCUT2D eigenvalue weighted by atomic mass is 19.1. The molecular formula is C15H19FN2O3. The average molecular weight is 294 g/mol. The zero-order valence-corrected chi connectivity index (χ0v) is 11.7. The number of carboxylic acid groups (broad SMARTS) is 1. The second-order valence-electron chi connectivity index (χ2n) is 5.21. The van der Waals surface area contributed by atoms with Gasteiger partial charge in [0.2, 0.25) is 5.91 Å². The minimum Gasteiger partial charge on any atom is -0.481 e. The molecule has 1 unspecified atom stereocenters. The summed E-state index contributed by atoms with van der Waals surface area (Å²) in [6.07, 6.45) is 2.13. The number of halogens is 1. The second-order valence-corrected chi connectivity index (χ2v) is 5.21. The van der Waals surface area contributed by atoms with Gasteiger partial charge in [-0.2, -0.15) is 0 Å². The molecule has 1 aromatic rings. The molecular weight excluding hydrogens is 275 g/mol. The predicted molar refractivity (Wildman–Crippen MR) is 76.5 cm³/mol. The number of anilines is 1. The van der Waals surface area contributed by atoms with Gasteiger partial charge in [0.05, 0.1) is 12.1 Å². The zero-order valence-electron chi connectivity index (χ0n) is 11.7. The van der Waals surface area contributed by atoms with Crippen LogP contribution in [0.5, 0.6) is 0 Å². The topological polar surface area (TPSA) is 69.6 Å². The van der Waals surface area contributed by atoms with Crippen LogP contribution in [-0.4, -0.2) is 41.0 Å². The van der Waals surface area contributed by atoms with E-state index in [0.29, 0.717) is 6.54 Å². The molecule has 5 nitrogen and oxygen atoms in total. The molecule has 1 aliphatic heterocycles. The van der Waals surface area contributed by atoms with E-state index in [1.54, 1.807) is 12.1 Å². The van der Waals surface area contributed by atoms with Crippen molar-refractivity contribution in [3.8, 4) is 0 Å². The fourth-order valence-electron chi connectivity index (χ4n) is 2.64. The number of benzene rings is 1. The van der Waals surface area contributed by atoms with E-state index in [-0.39, 0.29) is 30.5 Å². The first-order chi connectivity index (χ1) is 10.1. The molecule has 6 heteroatoms. The quantitative estimate of drug-likeness (QED) is 0.843. The SMILES string of the molecule is O=C(O)CC1CCCN1CCC(=O)Nc1ccccc1F. The van der Waals surface area contributed by atoms with Crippen LogP contribution in [0.4, 0.5) is 10.1 Å². The number of para-hydroxylation sites is 1. The largest absolute Gasteiger partial charge is 0.481 e. The highest BCUT2D eigenvalue weighted by Gasteiger charge is 2.26. The molecule has 1 aromatic carbocycles. The van der Waals surface area contributed by atoms with Crippen molar-refractivity contribution in [1.29, 1.82) is 0 Å². The smallest absolute Gasteiger partial charge is 0.304 e. The van der Waals surface area contributed by atoms with Crippen molar-refractivity contribution in [1.82, 2.24) is 4.90 Å². The van der Waals surface area contributed by atoms with E-state index in [4.69, 9.17) is 5.11 Å². The van der Waals surface area contributed by atoms with E-state index in [1.807, 2.05) is 4.90 Å². The summed E-state index contributed by atoms with van der Waals surface area (Å²) < 4.78 is 13.4. The molecule has 21 heavy (non-hydrogen) atoms. The Hall–Kier alpha value is -1.95. The van der Waals surface area contributed by atoms with Crippen LogP contribution in [0.2, 0.25) is 0 Å². The summed E-state index contributed by atoms with van der Waals surface area (Å²) in [4.78, 5) is 24.6. The number of hydrogen-bond acceptors (Lipinski definition) is 3. The van der Waals surface area contributed by atoms with E-state index in [2.05, 4.69) is 5.32 Å². The van der Waals surface area contributed by atoms with Gasteiger partial charge in [0, 0.05) is 19.0 Å². The summed E-state index contributed by atoms with van der Waals surface area (Å²) in [6.45, 7) is 1.31. The Labute approximate surface area is 122 Å². The first kappa shape index (κ1) is 15.4. The molecule has 0 aromatic heterocycles. The number of likely N-dealkylation sites (tertiary alicyclic amines) is 1. The molecule has 0 radical (unpaired) electrons. The van der Waals surface area contributed by atoms with Crippen LogP contribution in [0.25, 0.3) is 0 Å². The molecule has 0 bridgehead atoms. The molecule has 2 N–H and O–H groups in total. The number of nitrogens with one attached hydrogen (secondary N) is 1. The van der Waals surface area contributed by atoms with Crippen LogP contribution in [0, 0.1) is 5.82 Å². The fourth-order valence-corrected chi connectivity index (χ4v) is 2.64. The Morgan fingerprint density at radius 3 is 2.86 bits per heavy atom. The number of carbonyl (C=O) groups is 2. The van der Waals surface area contributed by atoms with Gasteiger partial charge >= 0.3 is 5.97 Å². The lowest BCUT2D eigenvalue weighted by Gasteiger charge is -2.22. The first-order valence-corrected chi connectivity index (χ1v) is 7.06. The Balaban J connectivity index is 1.81.